The predicted molar refractivity (Wildman–Crippen MR) is 135 cm³/mol. The monoisotopic (exact) mass is 458 g/mol. The van der Waals surface area contributed by atoms with Crippen LogP contribution in [-0.4, -0.2) is 53.8 Å². The summed E-state index contributed by atoms with van der Waals surface area (Å²) >= 11 is 0. The van der Waals surface area contributed by atoms with Gasteiger partial charge in [0.1, 0.15) is 6.61 Å². The van der Waals surface area contributed by atoms with E-state index in [1.165, 1.54) is 60.8 Å². The van der Waals surface area contributed by atoms with Gasteiger partial charge in [-0.15, -0.1) is 0 Å². The van der Waals surface area contributed by atoms with Gasteiger partial charge in [0.25, 0.3) is 0 Å². The Morgan fingerprint density at radius 2 is 1.79 bits per heavy atom. The first kappa shape index (κ1) is 21.7. The maximum absolute atomic E-state index is 6.29. The molecule has 1 aromatic heterocycles. The maximum Gasteiger partial charge on any atom is 0.320 e. The number of anilines is 1. The molecule has 2 aromatic carbocycles. The van der Waals surface area contributed by atoms with Gasteiger partial charge in [-0.2, -0.15) is 9.97 Å². The van der Waals surface area contributed by atoms with Gasteiger partial charge in [-0.25, -0.2) is 0 Å². The summed E-state index contributed by atoms with van der Waals surface area (Å²) in [5.41, 5.74) is 4.99. The van der Waals surface area contributed by atoms with Crippen molar-refractivity contribution in [1.82, 2.24) is 14.9 Å². The Morgan fingerprint density at radius 1 is 1.00 bits per heavy atom. The largest absolute Gasteiger partial charge is 0.481 e. The molecule has 6 nitrogen and oxygen atoms in total. The van der Waals surface area contributed by atoms with Crippen LogP contribution in [-0.2, 0) is 19.4 Å². The van der Waals surface area contributed by atoms with Crippen molar-refractivity contribution in [3.05, 3.63) is 53.2 Å². The topological polar surface area (TPSA) is 50.7 Å². The Balaban J connectivity index is 1.30. The third-order valence-electron chi connectivity index (χ3n) is 8.17. The summed E-state index contributed by atoms with van der Waals surface area (Å²) in [4.78, 5) is 14.6. The molecule has 0 saturated carbocycles. The fraction of sp³-hybridized carbons (Fsp3) is 0.500. The summed E-state index contributed by atoms with van der Waals surface area (Å²) < 4.78 is 12.0. The number of aromatic nitrogens is 2. The number of hydrogen-bond donors (Lipinski definition) is 0. The highest BCUT2D eigenvalue weighted by molar-refractivity contribution is 5.97. The highest BCUT2D eigenvalue weighted by Gasteiger charge is 2.45. The number of fused-ring (bicyclic) bond motifs is 3. The Bertz CT molecular complexity index is 1200. The van der Waals surface area contributed by atoms with Crippen molar-refractivity contribution in [3.8, 4) is 11.9 Å². The van der Waals surface area contributed by atoms with E-state index >= 15 is 0 Å². The Hall–Kier alpha value is -2.86. The molecule has 4 heterocycles. The number of nitrogens with zero attached hydrogens (tertiary/aromatic N) is 4. The summed E-state index contributed by atoms with van der Waals surface area (Å²) in [6, 6.07) is 13.7. The lowest BCUT2D eigenvalue weighted by Gasteiger charge is -2.33. The molecule has 2 fully saturated rings. The van der Waals surface area contributed by atoms with E-state index in [0.29, 0.717) is 18.5 Å². The summed E-state index contributed by atoms with van der Waals surface area (Å²) in [5, 5.41) is 2.65. The van der Waals surface area contributed by atoms with Gasteiger partial charge in [0.2, 0.25) is 5.88 Å². The lowest BCUT2D eigenvalue weighted by molar-refractivity contribution is 0.106. The Labute approximate surface area is 201 Å². The standard InChI is InChI=1S/C28H34N4O2/c1-3-20-8-4-9-21-10-5-11-24(25(20)21)31-17-12-22-23(18-31)29-27(30-26(22)33-2)34-19-28-13-6-15-32(28)16-7-14-28/h4-5,8-11H,3,6-7,12-19H2,1-2H3. The molecule has 0 N–H and O–H groups in total. The van der Waals surface area contributed by atoms with Gasteiger partial charge in [0.15, 0.2) is 0 Å². The molecule has 0 atom stereocenters. The first-order chi connectivity index (χ1) is 16.7. The average molecular weight is 459 g/mol. The van der Waals surface area contributed by atoms with Crippen molar-refractivity contribution < 1.29 is 9.47 Å². The lowest BCUT2D eigenvalue weighted by atomic mass is 9.95. The molecule has 34 heavy (non-hydrogen) atoms. The van der Waals surface area contributed by atoms with Gasteiger partial charge in [0, 0.05) is 23.2 Å². The van der Waals surface area contributed by atoms with Gasteiger partial charge in [-0.3, -0.25) is 4.90 Å². The zero-order valence-electron chi connectivity index (χ0n) is 20.3. The second-order valence-corrected chi connectivity index (χ2v) is 9.97. The molecule has 178 valence electrons. The molecular weight excluding hydrogens is 424 g/mol. The van der Waals surface area contributed by atoms with E-state index in [4.69, 9.17) is 14.5 Å². The van der Waals surface area contributed by atoms with E-state index in [9.17, 15) is 0 Å². The smallest absolute Gasteiger partial charge is 0.320 e. The average Bonchev–Trinajstić information content (AvgIpc) is 3.46. The van der Waals surface area contributed by atoms with E-state index in [2.05, 4.69) is 58.1 Å². The van der Waals surface area contributed by atoms with Gasteiger partial charge in [-0.1, -0.05) is 37.3 Å². The van der Waals surface area contributed by atoms with Crippen LogP contribution in [0.25, 0.3) is 10.8 Å². The normalized spacial score (nSPS) is 19.3. The molecule has 0 unspecified atom stereocenters. The van der Waals surface area contributed by atoms with Crippen LogP contribution >= 0.6 is 0 Å². The fourth-order valence-electron chi connectivity index (χ4n) is 6.43. The second kappa shape index (κ2) is 8.73. The van der Waals surface area contributed by atoms with Crippen molar-refractivity contribution in [2.45, 2.75) is 57.5 Å². The van der Waals surface area contributed by atoms with Crippen molar-refractivity contribution in [1.29, 1.82) is 0 Å². The Morgan fingerprint density at radius 3 is 2.56 bits per heavy atom. The van der Waals surface area contributed by atoms with E-state index in [-0.39, 0.29) is 5.54 Å². The Kier molecular flexibility index (Phi) is 5.56. The molecular formula is C28H34N4O2. The maximum atomic E-state index is 6.29. The zero-order valence-corrected chi connectivity index (χ0v) is 20.3. The van der Waals surface area contributed by atoms with E-state index in [1.54, 1.807) is 7.11 Å². The fourth-order valence-corrected chi connectivity index (χ4v) is 6.43. The molecule has 3 aromatic rings. The summed E-state index contributed by atoms with van der Waals surface area (Å²) in [5.74, 6) is 0.666. The number of ether oxygens (including phenoxy) is 2. The van der Waals surface area contributed by atoms with E-state index < -0.39 is 0 Å². The highest BCUT2D eigenvalue weighted by atomic mass is 16.5. The highest BCUT2D eigenvalue weighted by Crippen LogP contribution is 2.39. The molecule has 0 spiro atoms. The molecule has 6 rings (SSSR count). The van der Waals surface area contributed by atoms with Crippen LogP contribution in [0.1, 0.15) is 49.4 Å². The summed E-state index contributed by atoms with van der Waals surface area (Å²) in [6.07, 6.45) is 6.83. The quantitative estimate of drug-likeness (QED) is 0.530. The van der Waals surface area contributed by atoms with Crippen LogP contribution < -0.4 is 14.4 Å². The van der Waals surface area contributed by atoms with Crippen molar-refractivity contribution >= 4 is 16.5 Å². The molecule has 3 aliphatic rings. The predicted octanol–water partition coefficient (Wildman–Crippen LogP) is 4.77. The lowest BCUT2D eigenvalue weighted by Crippen LogP contribution is -2.43. The molecule has 3 aliphatic heterocycles. The van der Waals surface area contributed by atoms with Crippen molar-refractivity contribution in [2.24, 2.45) is 0 Å². The second-order valence-electron chi connectivity index (χ2n) is 9.97. The minimum Gasteiger partial charge on any atom is -0.481 e. The summed E-state index contributed by atoms with van der Waals surface area (Å²) in [7, 11) is 1.70. The minimum atomic E-state index is 0.179. The van der Waals surface area contributed by atoms with Crippen LogP contribution in [0, 0.1) is 0 Å². The number of benzene rings is 2. The van der Waals surface area contributed by atoms with Gasteiger partial charge in [0.05, 0.1) is 24.9 Å². The van der Waals surface area contributed by atoms with Crippen molar-refractivity contribution in [2.75, 3.05) is 38.3 Å². The third kappa shape index (κ3) is 3.59. The van der Waals surface area contributed by atoms with Gasteiger partial charge < -0.3 is 14.4 Å². The van der Waals surface area contributed by atoms with Crippen LogP contribution in [0.15, 0.2) is 36.4 Å². The van der Waals surface area contributed by atoms with Crippen molar-refractivity contribution in [3.63, 3.8) is 0 Å². The zero-order chi connectivity index (χ0) is 23.1. The minimum absolute atomic E-state index is 0.179. The molecule has 0 amide bonds. The van der Waals surface area contributed by atoms with Crippen LogP contribution in [0.4, 0.5) is 5.69 Å². The number of rotatable bonds is 6. The number of aryl methyl sites for hydroxylation is 1. The first-order valence-corrected chi connectivity index (χ1v) is 12.8. The third-order valence-corrected chi connectivity index (χ3v) is 8.17. The van der Waals surface area contributed by atoms with Crippen LogP contribution in [0.2, 0.25) is 0 Å². The molecule has 0 bridgehead atoms. The number of methoxy groups -OCH3 is 1. The SMILES string of the molecule is CCc1cccc2cccc(N3CCc4c(nc(OCC56CCCN5CCC6)nc4OC)C3)c12. The number of hydrogen-bond acceptors (Lipinski definition) is 6. The van der Waals surface area contributed by atoms with Crippen LogP contribution in [0.5, 0.6) is 11.9 Å². The first-order valence-electron chi connectivity index (χ1n) is 12.8. The summed E-state index contributed by atoms with van der Waals surface area (Å²) in [6.45, 7) is 6.94. The van der Waals surface area contributed by atoms with Crippen LogP contribution in [0.3, 0.4) is 0 Å². The van der Waals surface area contributed by atoms with E-state index in [0.717, 1.165) is 37.2 Å². The molecule has 0 radical (unpaired) electrons. The molecule has 2 saturated heterocycles. The molecule has 0 aliphatic carbocycles. The van der Waals surface area contributed by atoms with Gasteiger partial charge >= 0.3 is 6.01 Å². The molecule has 6 heteroatoms. The van der Waals surface area contributed by atoms with Gasteiger partial charge in [-0.05, 0) is 68.6 Å². The van der Waals surface area contributed by atoms with E-state index in [1.807, 2.05) is 0 Å².